The standard InChI is InChI=1S/C9H6Cl8/c1-7(14)5(12)3(10)4(11)6(13)8(2,15)9(7,16)17/h1-2H3/t7-,8-/m1/s1. The van der Waals surface area contributed by atoms with Crippen LogP contribution in [0.2, 0.25) is 0 Å². The molecule has 0 heterocycles. The van der Waals surface area contributed by atoms with Crippen molar-refractivity contribution in [2.24, 2.45) is 0 Å². The molecule has 2 atom stereocenters. The third-order valence-corrected chi connectivity index (χ3v) is 7.80. The summed E-state index contributed by atoms with van der Waals surface area (Å²) in [6.45, 7) is 2.97. The van der Waals surface area contributed by atoms with Gasteiger partial charge in [0.25, 0.3) is 0 Å². The predicted octanol–water partition coefficient (Wildman–Crippen LogP) is 6.55. The summed E-state index contributed by atoms with van der Waals surface area (Å²) in [5.41, 5.74) is 0. The Bertz CT molecular complexity index is 377. The van der Waals surface area contributed by atoms with Crippen molar-refractivity contribution < 1.29 is 0 Å². The van der Waals surface area contributed by atoms with E-state index in [0.29, 0.717) is 0 Å². The topological polar surface area (TPSA) is 0 Å². The Morgan fingerprint density at radius 3 is 1.12 bits per heavy atom. The molecule has 0 nitrogen and oxygen atoms in total. The van der Waals surface area contributed by atoms with E-state index >= 15 is 0 Å². The second-order valence-corrected chi connectivity index (χ2v) is 8.19. The van der Waals surface area contributed by atoms with Gasteiger partial charge in [-0.25, -0.2) is 0 Å². The SMILES string of the molecule is C[C@@]1(Cl)C(Cl)=C(Cl)C(Cl)=C(Cl)[C@@](C)(Cl)C1(Cl)Cl. The molecule has 0 aromatic carbocycles. The molecule has 98 valence electrons. The Labute approximate surface area is 140 Å². The molecule has 0 spiro atoms. The van der Waals surface area contributed by atoms with Gasteiger partial charge in [0.2, 0.25) is 0 Å². The van der Waals surface area contributed by atoms with Gasteiger partial charge in [-0.1, -0.05) is 69.6 Å². The summed E-state index contributed by atoms with van der Waals surface area (Å²) < 4.78 is -1.71. The highest BCUT2D eigenvalue weighted by Crippen LogP contribution is 2.61. The molecule has 1 aliphatic rings. The molecule has 1 aliphatic carbocycles. The van der Waals surface area contributed by atoms with Crippen LogP contribution in [0.25, 0.3) is 0 Å². The lowest BCUT2D eigenvalue weighted by molar-refractivity contribution is 0.548. The summed E-state index contributed by atoms with van der Waals surface area (Å²) in [6, 6.07) is 0. The van der Waals surface area contributed by atoms with Crippen molar-refractivity contribution in [2.75, 3.05) is 0 Å². The van der Waals surface area contributed by atoms with Crippen LogP contribution in [0, 0.1) is 0 Å². The molecular formula is C9H6Cl8. The Kier molecular flexibility index (Phi) is 4.93. The van der Waals surface area contributed by atoms with Crippen molar-refractivity contribution in [3.8, 4) is 0 Å². The van der Waals surface area contributed by atoms with Crippen LogP contribution in [0.5, 0.6) is 0 Å². The number of hydrogen-bond acceptors (Lipinski definition) is 0. The lowest BCUT2D eigenvalue weighted by Crippen LogP contribution is -2.52. The predicted molar refractivity (Wildman–Crippen MR) is 80.4 cm³/mol. The molecule has 0 aromatic rings. The van der Waals surface area contributed by atoms with Crippen LogP contribution in [0.4, 0.5) is 0 Å². The second kappa shape index (κ2) is 4.97. The van der Waals surface area contributed by atoms with Crippen LogP contribution >= 0.6 is 92.8 Å². The van der Waals surface area contributed by atoms with Gasteiger partial charge in [-0.15, -0.1) is 23.2 Å². The largest absolute Gasteiger partial charge is 0.165 e. The Morgan fingerprint density at radius 2 is 0.882 bits per heavy atom. The first kappa shape index (κ1) is 16.9. The van der Waals surface area contributed by atoms with Crippen LogP contribution in [0.1, 0.15) is 13.8 Å². The fourth-order valence-corrected chi connectivity index (χ4v) is 3.74. The molecule has 0 amide bonds. The summed E-state index contributed by atoms with van der Waals surface area (Å²) >= 11 is 49.0. The Morgan fingerprint density at radius 1 is 0.647 bits per heavy atom. The number of hydrogen-bond donors (Lipinski definition) is 0. The lowest BCUT2D eigenvalue weighted by atomic mass is 9.95. The first-order valence-electron chi connectivity index (χ1n) is 4.26. The van der Waals surface area contributed by atoms with Gasteiger partial charge in [-0.2, -0.15) is 0 Å². The van der Waals surface area contributed by atoms with E-state index in [0.717, 1.165) is 0 Å². The fourth-order valence-electron chi connectivity index (χ4n) is 1.32. The molecule has 0 saturated carbocycles. The molecule has 0 aliphatic heterocycles. The van der Waals surface area contributed by atoms with Crippen LogP contribution < -0.4 is 0 Å². The van der Waals surface area contributed by atoms with Crippen LogP contribution in [0.15, 0.2) is 20.1 Å². The highest BCUT2D eigenvalue weighted by Gasteiger charge is 2.62. The summed E-state index contributed by atoms with van der Waals surface area (Å²) in [6.07, 6.45) is 0. The smallest absolute Gasteiger partial charge is 0.110 e. The number of rotatable bonds is 0. The first-order chi connectivity index (χ1) is 7.39. The second-order valence-electron chi connectivity index (χ2n) is 3.84. The highest BCUT2D eigenvalue weighted by molar-refractivity contribution is 6.64. The van der Waals surface area contributed by atoms with Gasteiger partial charge in [0.05, 0.1) is 20.1 Å². The Balaban J connectivity index is 3.71. The summed E-state index contributed by atoms with van der Waals surface area (Å²) in [5, 5.41) is -0.0755. The first-order valence-corrected chi connectivity index (χ1v) is 7.29. The van der Waals surface area contributed by atoms with E-state index in [1.54, 1.807) is 0 Å². The van der Waals surface area contributed by atoms with Gasteiger partial charge in [0.1, 0.15) is 9.75 Å². The van der Waals surface area contributed by atoms with Crippen molar-refractivity contribution in [2.45, 2.75) is 27.9 Å². The van der Waals surface area contributed by atoms with Crippen LogP contribution in [-0.4, -0.2) is 14.1 Å². The van der Waals surface area contributed by atoms with Crippen molar-refractivity contribution in [1.29, 1.82) is 0 Å². The quantitative estimate of drug-likeness (QED) is 0.407. The van der Waals surface area contributed by atoms with E-state index in [-0.39, 0.29) is 20.1 Å². The molecular weight excluding hydrogens is 392 g/mol. The normalized spacial score (nSPS) is 38.5. The summed E-state index contributed by atoms with van der Waals surface area (Å²) in [4.78, 5) is -2.88. The maximum Gasteiger partial charge on any atom is 0.165 e. The monoisotopic (exact) mass is 394 g/mol. The van der Waals surface area contributed by atoms with Crippen molar-refractivity contribution >= 4 is 92.8 Å². The molecule has 0 aromatic heterocycles. The maximum absolute atomic E-state index is 6.26. The van der Waals surface area contributed by atoms with E-state index in [1.807, 2.05) is 0 Å². The molecule has 0 fully saturated rings. The van der Waals surface area contributed by atoms with Crippen LogP contribution in [0.3, 0.4) is 0 Å². The molecule has 17 heavy (non-hydrogen) atoms. The molecule has 0 unspecified atom stereocenters. The van der Waals surface area contributed by atoms with Gasteiger partial charge < -0.3 is 0 Å². The van der Waals surface area contributed by atoms with Gasteiger partial charge in [0.15, 0.2) is 4.33 Å². The number of allylic oxidation sites excluding steroid dienone is 4. The molecule has 0 saturated heterocycles. The molecule has 0 N–H and O–H groups in total. The maximum atomic E-state index is 6.26. The zero-order valence-corrected chi connectivity index (χ0v) is 14.6. The van der Waals surface area contributed by atoms with E-state index in [2.05, 4.69) is 0 Å². The third kappa shape index (κ3) is 2.32. The van der Waals surface area contributed by atoms with Gasteiger partial charge in [-0.3, -0.25) is 0 Å². The number of alkyl halides is 4. The van der Waals surface area contributed by atoms with Crippen LogP contribution in [-0.2, 0) is 0 Å². The van der Waals surface area contributed by atoms with E-state index in [4.69, 9.17) is 92.8 Å². The average Bonchev–Trinajstić information content (AvgIpc) is 2.24. The van der Waals surface area contributed by atoms with Gasteiger partial charge in [0, 0.05) is 0 Å². The minimum Gasteiger partial charge on any atom is -0.110 e. The zero-order valence-electron chi connectivity index (χ0n) is 8.52. The summed E-state index contributed by atoms with van der Waals surface area (Å²) in [5.74, 6) is 0. The van der Waals surface area contributed by atoms with Gasteiger partial charge in [-0.05, 0) is 13.8 Å². The molecule has 8 heteroatoms. The highest BCUT2D eigenvalue weighted by atomic mass is 35.5. The van der Waals surface area contributed by atoms with Gasteiger partial charge >= 0.3 is 0 Å². The fraction of sp³-hybridized carbons (Fsp3) is 0.556. The Hall–Kier alpha value is 1.80. The van der Waals surface area contributed by atoms with Crippen molar-refractivity contribution in [1.82, 2.24) is 0 Å². The summed E-state index contributed by atoms with van der Waals surface area (Å²) in [7, 11) is 0. The number of halogens is 8. The molecule has 0 radical (unpaired) electrons. The van der Waals surface area contributed by atoms with E-state index in [9.17, 15) is 0 Å². The van der Waals surface area contributed by atoms with Crippen molar-refractivity contribution in [3.05, 3.63) is 20.1 Å². The van der Waals surface area contributed by atoms with E-state index < -0.39 is 14.1 Å². The minimum atomic E-state index is -1.71. The minimum absolute atomic E-state index is 0.0154. The zero-order chi connectivity index (χ0) is 13.8. The molecule has 1 rings (SSSR count). The average molecular weight is 398 g/mol. The molecule has 0 bridgehead atoms. The lowest BCUT2D eigenvalue weighted by Gasteiger charge is -2.42. The van der Waals surface area contributed by atoms with Crippen molar-refractivity contribution in [3.63, 3.8) is 0 Å². The van der Waals surface area contributed by atoms with E-state index in [1.165, 1.54) is 13.8 Å². The third-order valence-electron chi connectivity index (χ3n) is 2.58.